The lowest BCUT2D eigenvalue weighted by Crippen LogP contribution is -2.26. The molecule has 1 heterocycles. The second kappa shape index (κ2) is 4.34. The average molecular weight is 200 g/mol. The van der Waals surface area contributed by atoms with Gasteiger partial charge in [0.05, 0.1) is 11.2 Å². The van der Waals surface area contributed by atoms with Gasteiger partial charge in [0.1, 0.15) is 11.1 Å². The summed E-state index contributed by atoms with van der Waals surface area (Å²) < 4.78 is 4.87. The van der Waals surface area contributed by atoms with Crippen molar-refractivity contribution in [2.24, 2.45) is 0 Å². The van der Waals surface area contributed by atoms with Crippen molar-refractivity contribution in [2.75, 3.05) is 12.4 Å². The number of rotatable bonds is 3. The van der Waals surface area contributed by atoms with Gasteiger partial charge < -0.3 is 10.1 Å². The fourth-order valence-electron chi connectivity index (χ4n) is 0.742. The molecule has 13 heavy (non-hydrogen) atoms. The molecule has 0 aliphatic rings. The molecule has 1 aromatic rings. The Morgan fingerprint density at radius 1 is 1.77 bits per heavy atom. The van der Waals surface area contributed by atoms with Crippen LogP contribution in [0.4, 0.5) is 5.00 Å². The highest BCUT2D eigenvalue weighted by Gasteiger charge is 2.13. The number of hydrogen-bond acceptors (Lipinski definition) is 4. The van der Waals surface area contributed by atoms with E-state index in [9.17, 15) is 4.79 Å². The lowest BCUT2D eigenvalue weighted by molar-refractivity contribution is -0.124. The number of thiazole rings is 1. The zero-order valence-corrected chi connectivity index (χ0v) is 8.64. The number of hydrogen-bond donors (Lipinski definition) is 1. The van der Waals surface area contributed by atoms with Crippen LogP contribution >= 0.6 is 11.3 Å². The minimum absolute atomic E-state index is 0.144. The smallest absolute Gasteiger partial charge is 0.253 e. The summed E-state index contributed by atoms with van der Waals surface area (Å²) in [5.41, 5.74) is 2.53. The van der Waals surface area contributed by atoms with Crippen molar-refractivity contribution in [3.05, 3.63) is 11.2 Å². The first-order valence-electron chi connectivity index (χ1n) is 3.89. The van der Waals surface area contributed by atoms with Crippen LogP contribution < -0.4 is 5.32 Å². The van der Waals surface area contributed by atoms with Gasteiger partial charge >= 0.3 is 0 Å². The van der Waals surface area contributed by atoms with Crippen LogP contribution in [0.3, 0.4) is 0 Å². The Balaban J connectivity index is 2.60. The van der Waals surface area contributed by atoms with Crippen LogP contribution in [0.1, 0.15) is 12.6 Å². The predicted molar refractivity (Wildman–Crippen MR) is 52.0 cm³/mol. The summed E-state index contributed by atoms with van der Waals surface area (Å²) in [6.07, 6.45) is -0.429. The molecular formula is C8H12N2O2S. The summed E-state index contributed by atoms with van der Waals surface area (Å²) in [5.74, 6) is -0.144. The third-order valence-electron chi connectivity index (χ3n) is 1.71. The number of ether oxygens (including phenoxy) is 1. The van der Waals surface area contributed by atoms with Crippen LogP contribution in [0.5, 0.6) is 0 Å². The molecule has 0 aliphatic carbocycles. The summed E-state index contributed by atoms with van der Waals surface area (Å²) in [6, 6.07) is 0. The van der Waals surface area contributed by atoms with Gasteiger partial charge in [0.15, 0.2) is 0 Å². The molecule has 72 valence electrons. The van der Waals surface area contributed by atoms with E-state index in [-0.39, 0.29) is 5.91 Å². The van der Waals surface area contributed by atoms with Gasteiger partial charge in [-0.15, -0.1) is 11.3 Å². The van der Waals surface area contributed by atoms with E-state index < -0.39 is 6.10 Å². The molecule has 0 saturated carbocycles. The monoisotopic (exact) mass is 200 g/mol. The standard InChI is InChI=1S/C8H12N2O2S/c1-5-8(13-4-9-5)10-7(11)6(2)12-3/h4,6H,1-3H3,(H,10,11). The Labute approximate surface area is 80.9 Å². The Bertz CT molecular complexity index is 298. The second-order valence-electron chi connectivity index (χ2n) is 2.63. The van der Waals surface area contributed by atoms with Crippen LogP contribution in [-0.4, -0.2) is 24.1 Å². The number of carbonyl (C=O) groups excluding carboxylic acids is 1. The Hall–Kier alpha value is -0.940. The van der Waals surface area contributed by atoms with Gasteiger partial charge in [-0.3, -0.25) is 4.79 Å². The number of nitrogens with one attached hydrogen (secondary N) is 1. The van der Waals surface area contributed by atoms with Crippen molar-refractivity contribution in [3.8, 4) is 0 Å². The molecule has 1 unspecified atom stereocenters. The molecule has 0 fully saturated rings. The van der Waals surface area contributed by atoms with E-state index in [0.29, 0.717) is 0 Å². The van der Waals surface area contributed by atoms with Crippen molar-refractivity contribution in [3.63, 3.8) is 0 Å². The molecule has 0 spiro atoms. The largest absolute Gasteiger partial charge is 0.372 e. The maximum absolute atomic E-state index is 11.3. The summed E-state index contributed by atoms with van der Waals surface area (Å²) in [6.45, 7) is 3.55. The van der Waals surface area contributed by atoms with Crippen LogP contribution in [0, 0.1) is 6.92 Å². The molecule has 0 saturated heterocycles. The number of methoxy groups -OCH3 is 1. The van der Waals surface area contributed by atoms with Gasteiger partial charge in [-0.25, -0.2) is 4.98 Å². The average Bonchev–Trinajstić information content (AvgIpc) is 2.50. The molecule has 0 radical (unpaired) electrons. The highest BCUT2D eigenvalue weighted by atomic mass is 32.1. The van der Waals surface area contributed by atoms with Crippen molar-refractivity contribution in [2.45, 2.75) is 20.0 Å². The van der Waals surface area contributed by atoms with Gasteiger partial charge in [-0.05, 0) is 13.8 Å². The zero-order chi connectivity index (χ0) is 9.84. The van der Waals surface area contributed by atoms with Gasteiger partial charge in [-0.2, -0.15) is 0 Å². The van der Waals surface area contributed by atoms with Crippen molar-refractivity contribution >= 4 is 22.2 Å². The number of amides is 1. The fraction of sp³-hybridized carbons (Fsp3) is 0.500. The van der Waals surface area contributed by atoms with E-state index in [1.54, 1.807) is 12.4 Å². The van der Waals surface area contributed by atoms with Crippen molar-refractivity contribution < 1.29 is 9.53 Å². The minimum Gasteiger partial charge on any atom is -0.372 e. The number of anilines is 1. The van der Waals surface area contributed by atoms with Gasteiger partial charge in [0.2, 0.25) is 0 Å². The lowest BCUT2D eigenvalue weighted by atomic mass is 10.4. The van der Waals surface area contributed by atoms with Crippen LogP contribution in [0.2, 0.25) is 0 Å². The molecule has 1 rings (SSSR count). The predicted octanol–water partition coefficient (Wildman–Crippen LogP) is 1.42. The van der Waals surface area contributed by atoms with Crippen LogP contribution in [0.15, 0.2) is 5.51 Å². The van der Waals surface area contributed by atoms with E-state index in [1.165, 1.54) is 18.4 Å². The van der Waals surface area contributed by atoms with E-state index in [4.69, 9.17) is 4.74 Å². The third-order valence-corrected chi connectivity index (χ3v) is 2.55. The van der Waals surface area contributed by atoms with Crippen molar-refractivity contribution in [1.29, 1.82) is 0 Å². The highest BCUT2D eigenvalue weighted by Crippen LogP contribution is 2.18. The Kier molecular flexibility index (Phi) is 3.39. The summed E-state index contributed by atoms with van der Waals surface area (Å²) in [7, 11) is 1.50. The van der Waals surface area contributed by atoms with E-state index in [2.05, 4.69) is 10.3 Å². The second-order valence-corrected chi connectivity index (χ2v) is 3.49. The maximum atomic E-state index is 11.3. The Morgan fingerprint density at radius 2 is 2.46 bits per heavy atom. The number of aryl methyl sites for hydroxylation is 1. The van der Waals surface area contributed by atoms with Gasteiger partial charge in [0.25, 0.3) is 5.91 Å². The van der Waals surface area contributed by atoms with Gasteiger partial charge in [0, 0.05) is 7.11 Å². The summed E-state index contributed by atoms with van der Waals surface area (Å²) in [5, 5.41) is 3.52. The maximum Gasteiger partial charge on any atom is 0.253 e. The lowest BCUT2D eigenvalue weighted by Gasteiger charge is -2.08. The normalized spacial score (nSPS) is 12.5. The molecule has 1 amide bonds. The van der Waals surface area contributed by atoms with E-state index in [1.807, 2.05) is 6.92 Å². The topological polar surface area (TPSA) is 51.2 Å². The summed E-state index contributed by atoms with van der Waals surface area (Å²) >= 11 is 1.41. The molecule has 0 aliphatic heterocycles. The molecule has 1 atom stereocenters. The molecule has 1 aromatic heterocycles. The fourth-order valence-corrected chi connectivity index (χ4v) is 1.44. The first-order chi connectivity index (χ1) is 6.15. The zero-order valence-electron chi connectivity index (χ0n) is 7.83. The highest BCUT2D eigenvalue weighted by molar-refractivity contribution is 7.14. The molecule has 1 N–H and O–H groups in total. The number of nitrogens with zero attached hydrogens (tertiary/aromatic N) is 1. The third kappa shape index (κ3) is 2.50. The SMILES string of the molecule is COC(C)C(=O)Nc1scnc1C. The van der Waals surface area contributed by atoms with Gasteiger partial charge in [-0.1, -0.05) is 0 Å². The number of carbonyl (C=O) groups is 1. The van der Waals surface area contributed by atoms with Crippen LogP contribution in [0.25, 0.3) is 0 Å². The molecule has 0 aromatic carbocycles. The first kappa shape index (κ1) is 10.1. The molecule has 0 bridgehead atoms. The van der Waals surface area contributed by atoms with Crippen molar-refractivity contribution in [1.82, 2.24) is 4.98 Å². The summed E-state index contributed by atoms with van der Waals surface area (Å²) in [4.78, 5) is 15.4. The van der Waals surface area contributed by atoms with E-state index in [0.717, 1.165) is 10.7 Å². The molecule has 4 nitrogen and oxygen atoms in total. The quantitative estimate of drug-likeness (QED) is 0.803. The minimum atomic E-state index is -0.429. The first-order valence-corrected chi connectivity index (χ1v) is 4.77. The van der Waals surface area contributed by atoms with Crippen LogP contribution in [-0.2, 0) is 9.53 Å². The number of aromatic nitrogens is 1. The molecular weight excluding hydrogens is 188 g/mol. The van der Waals surface area contributed by atoms with E-state index >= 15 is 0 Å². The molecule has 5 heteroatoms. The Morgan fingerprint density at radius 3 is 2.92 bits per heavy atom.